The van der Waals surface area contributed by atoms with E-state index in [4.69, 9.17) is 0 Å². The number of hydrogen-bond donors (Lipinski definition) is 1. The molecule has 0 radical (unpaired) electrons. The lowest BCUT2D eigenvalue weighted by atomic mass is 10.0. The number of rotatable bonds is 6. The Bertz CT molecular complexity index is 496. The van der Waals surface area contributed by atoms with Gasteiger partial charge in [-0.2, -0.15) is 4.31 Å². The molecule has 1 fully saturated rings. The van der Waals surface area contributed by atoms with Crippen LogP contribution in [0.2, 0.25) is 0 Å². The molecule has 0 unspecified atom stereocenters. The Kier molecular flexibility index (Phi) is 5.57. The average Bonchev–Trinajstić information content (AvgIpc) is 2.46. The maximum Gasteiger partial charge on any atom is 0.214 e. The molecule has 112 valence electrons. The molecule has 0 atom stereocenters. The Morgan fingerprint density at radius 1 is 1.20 bits per heavy atom. The quantitative estimate of drug-likeness (QED) is 0.871. The maximum atomic E-state index is 12.5. The third-order valence-corrected chi connectivity index (χ3v) is 5.92. The van der Waals surface area contributed by atoms with Crippen LogP contribution < -0.4 is 5.32 Å². The van der Waals surface area contributed by atoms with Gasteiger partial charge in [0, 0.05) is 13.1 Å². The van der Waals surface area contributed by atoms with E-state index in [0.29, 0.717) is 19.0 Å². The average molecular weight is 296 g/mol. The van der Waals surface area contributed by atoms with Crippen molar-refractivity contribution in [2.45, 2.75) is 26.3 Å². The fourth-order valence-electron chi connectivity index (χ4n) is 2.65. The van der Waals surface area contributed by atoms with Crippen LogP contribution >= 0.6 is 0 Å². The number of hydrogen-bond acceptors (Lipinski definition) is 3. The molecule has 2 rings (SSSR count). The van der Waals surface area contributed by atoms with E-state index in [2.05, 4.69) is 5.32 Å². The van der Waals surface area contributed by atoms with Crippen LogP contribution in [0, 0.1) is 5.92 Å². The summed E-state index contributed by atoms with van der Waals surface area (Å²) in [6.45, 7) is 4.78. The molecule has 0 aromatic heterocycles. The lowest BCUT2D eigenvalue weighted by molar-refractivity contribution is 0.378. The first-order valence-electron chi connectivity index (χ1n) is 7.34. The molecule has 1 aromatic rings. The van der Waals surface area contributed by atoms with E-state index in [0.717, 1.165) is 31.5 Å². The topological polar surface area (TPSA) is 49.4 Å². The molecule has 0 bridgehead atoms. The Morgan fingerprint density at radius 3 is 2.45 bits per heavy atom. The number of nitrogens with one attached hydrogen (secondary N) is 1. The van der Waals surface area contributed by atoms with Crippen molar-refractivity contribution < 1.29 is 8.42 Å². The summed E-state index contributed by atoms with van der Waals surface area (Å²) < 4.78 is 26.7. The van der Waals surface area contributed by atoms with E-state index >= 15 is 0 Å². The molecule has 0 spiro atoms. The van der Waals surface area contributed by atoms with Crippen LogP contribution in [0.4, 0.5) is 0 Å². The van der Waals surface area contributed by atoms with E-state index in [1.54, 1.807) is 4.31 Å². The van der Waals surface area contributed by atoms with Crippen molar-refractivity contribution in [1.29, 1.82) is 0 Å². The van der Waals surface area contributed by atoms with E-state index in [1.165, 1.54) is 0 Å². The van der Waals surface area contributed by atoms with Crippen LogP contribution in [-0.4, -0.2) is 38.1 Å². The van der Waals surface area contributed by atoms with Crippen molar-refractivity contribution in [3.63, 3.8) is 0 Å². The minimum absolute atomic E-state index is 0.287. The molecule has 20 heavy (non-hydrogen) atoms. The van der Waals surface area contributed by atoms with Gasteiger partial charge in [-0.25, -0.2) is 8.42 Å². The Balaban J connectivity index is 2.01. The summed E-state index contributed by atoms with van der Waals surface area (Å²) in [5.74, 6) is 0.584. The van der Waals surface area contributed by atoms with Crippen LogP contribution in [0.25, 0.3) is 0 Å². The summed E-state index contributed by atoms with van der Waals surface area (Å²) in [6, 6.07) is 9.79. The van der Waals surface area contributed by atoms with E-state index < -0.39 is 10.0 Å². The molecule has 1 aliphatic heterocycles. The van der Waals surface area contributed by atoms with Gasteiger partial charge in [0.2, 0.25) is 10.0 Å². The zero-order chi connectivity index (χ0) is 14.4. The minimum Gasteiger partial charge on any atom is -0.317 e. The van der Waals surface area contributed by atoms with Gasteiger partial charge in [0.25, 0.3) is 0 Å². The number of benzene rings is 1. The molecule has 1 N–H and O–H groups in total. The van der Waals surface area contributed by atoms with Crippen molar-refractivity contribution in [1.82, 2.24) is 9.62 Å². The predicted octanol–water partition coefficient (Wildman–Crippen LogP) is 1.84. The first-order chi connectivity index (χ1) is 9.62. The van der Waals surface area contributed by atoms with E-state index in [9.17, 15) is 8.42 Å². The first kappa shape index (κ1) is 15.5. The first-order valence-corrected chi connectivity index (χ1v) is 8.95. The molecule has 5 heteroatoms. The van der Waals surface area contributed by atoms with Crippen molar-refractivity contribution in [2.24, 2.45) is 5.92 Å². The monoisotopic (exact) mass is 296 g/mol. The Labute approximate surface area is 122 Å². The lowest BCUT2D eigenvalue weighted by Gasteiger charge is -2.26. The smallest absolute Gasteiger partial charge is 0.214 e. The SMILES string of the molecule is CCN(Cc1ccccc1)S(=O)(=O)CC1CCNCC1. The van der Waals surface area contributed by atoms with Gasteiger partial charge < -0.3 is 5.32 Å². The van der Waals surface area contributed by atoms with Crippen LogP contribution in [0.5, 0.6) is 0 Å². The molecule has 0 aliphatic carbocycles. The highest BCUT2D eigenvalue weighted by atomic mass is 32.2. The lowest BCUT2D eigenvalue weighted by Crippen LogP contribution is -2.38. The second kappa shape index (κ2) is 7.20. The fourth-order valence-corrected chi connectivity index (χ4v) is 4.52. The molecule has 4 nitrogen and oxygen atoms in total. The fraction of sp³-hybridized carbons (Fsp3) is 0.600. The van der Waals surface area contributed by atoms with Crippen molar-refractivity contribution in [3.05, 3.63) is 35.9 Å². The predicted molar refractivity (Wildman–Crippen MR) is 81.9 cm³/mol. The van der Waals surface area contributed by atoms with Crippen molar-refractivity contribution >= 4 is 10.0 Å². The maximum absolute atomic E-state index is 12.5. The normalized spacial score (nSPS) is 17.5. The van der Waals surface area contributed by atoms with Gasteiger partial charge in [0.05, 0.1) is 5.75 Å². The van der Waals surface area contributed by atoms with Crippen LogP contribution in [0.3, 0.4) is 0 Å². The van der Waals surface area contributed by atoms with Crippen LogP contribution in [-0.2, 0) is 16.6 Å². The summed E-state index contributed by atoms with van der Waals surface area (Å²) in [5, 5.41) is 3.28. The summed E-state index contributed by atoms with van der Waals surface area (Å²) in [7, 11) is -3.16. The summed E-state index contributed by atoms with van der Waals surface area (Å²) in [4.78, 5) is 0. The van der Waals surface area contributed by atoms with Crippen molar-refractivity contribution in [3.8, 4) is 0 Å². The van der Waals surface area contributed by atoms with Gasteiger partial charge in [0.15, 0.2) is 0 Å². The standard InChI is InChI=1S/C15H24N2O2S/c1-2-17(12-14-6-4-3-5-7-14)20(18,19)13-15-8-10-16-11-9-15/h3-7,15-16H,2,8-13H2,1H3. The van der Waals surface area contributed by atoms with Gasteiger partial charge in [-0.3, -0.25) is 0 Å². The second-order valence-corrected chi connectivity index (χ2v) is 7.40. The zero-order valence-electron chi connectivity index (χ0n) is 12.1. The van der Waals surface area contributed by atoms with Gasteiger partial charge in [0.1, 0.15) is 0 Å². The van der Waals surface area contributed by atoms with Crippen LogP contribution in [0.15, 0.2) is 30.3 Å². The number of sulfonamides is 1. The molecular formula is C15H24N2O2S. The number of piperidine rings is 1. The summed E-state index contributed by atoms with van der Waals surface area (Å²) in [6.07, 6.45) is 1.92. The minimum atomic E-state index is -3.16. The van der Waals surface area contributed by atoms with Gasteiger partial charge in [-0.1, -0.05) is 37.3 Å². The molecular weight excluding hydrogens is 272 g/mol. The third kappa shape index (κ3) is 4.30. The van der Waals surface area contributed by atoms with E-state index in [1.807, 2.05) is 37.3 Å². The molecule has 1 aliphatic rings. The van der Waals surface area contributed by atoms with Crippen LogP contribution in [0.1, 0.15) is 25.3 Å². The highest BCUT2D eigenvalue weighted by Gasteiger charge is 2.26. The summed E-state index contributed by atoms with van der Waals surface area (Å²) >= 11 is 0. The zero-order valence-corrected chi connectivity index (χ0v) is 12.9. The van der Waals surface area contributed by atoms with Gasteiger partial charge in [-0.15, -0.1) is 0 Å². The second-order valence-electron chi connectivity index (χ2n) is 5.38. The molecule has 1 aromatic carbocycles. The third-order valence-electron chi connectivity index (χ3n) is 3.85. The van der Waals surface area contributed by atoms with Gasteiger partial charge in [-0.05, 0) is 37.4 Å². The Hall–Kier alpha value is -0.910. The largest absolute Gasteiger partial charge is 0.317 e. The highest BCUT2D eigenvalue weighted by molar-refractivity contribution is 7.89. The highest BCUT2D eigenvalue weighted by Crippen LogP contribution is 2.18. The molecule has 0 saturated carbocycles. The summed E-state index contributed by atoms with van der Waals surface area (Å²) in [5.41, 5.74) is 1.04. The molecule has 1 saturated heterocycles. The van der Waals surface area contributed by atoms with Gasteiger partial charge >= 0.3 is 0 Å². The molecule has 0 amide bonds. The number of nitrogens with zero attached hydrogens (tertiary/aromatic N) is 1. The van der Waals surface area contributed by atoms with E-state index in [-0.39, 0.29) is 5.75 Å². The Morgan fingerprint density at radius 2 is 1.85 bits per heavy atom. The molecule has 1 heterocycles. The van der Waals surface area contributed by atoms with Crippen molar-refractivity contribution in [2.75, 3.05) is 25.4 Å².